The van der Waals surface area contributed by atoms with Crippen molar-refractivity contribution in [3.05, 3.63) is 56.6 Å². The van der Waals surface area contributed by atoms with Gasteiger partial charge in [-0.1, -0.05) is 23.8 Å². The maximum absolute atomic E-state index is 11.9. The largest absolute Gasteiger partial charge is 0.465 e. The third-order valence-electron chi connectivity index (χ3n) is 3.34. The van der Waals surface area contributed by atoms with Gasteiger partial charge in [0.1, 0.15) is 10.6 Å². The lowest BCUT2D eigenvalue weighted by Gasteiger charge is -2.10. The van der Waals surface area contributed by atoms with Crippen LogP contribution in [0.5, 0.6) is 0 Å². The molecule has 0 saturated heterocycles. The zero-order valence-corrected chi connectivity index (χ0v) is 13.8. The maximum atomic E-state index is 11.9. The molecular formula is C16H18N2O3S. The average molecular weight is 318 g/mol. The summed E-state index contributed by atoms with van der Waals surface area (Å²) in [5, 5.41) is 0.397. The molecule has 1 aromatic heterocycles. The van der Waals surface area contributed by atoms with Gasteiger partial charge in [-0.3, -0.25) is 0 Å². The van der Waals surface area contributed by atoms with Gasteiger partial charge in [0.15, 0.2) is 0 Å². The fourth-order valence-electron chi connectivity index (χ4n) is 2.11. The molecule has 1 N–H and O–H groups in total. The predicted molar refractivity (Wildman–Crippen MR) is 86.4 cm³/mol. The van der Waals surface area contributed by atoms with Crippen LogP contribution in [0.2, 0.25) is 0 Å². The summed E-state index contributed by atoms with van der Waals surface area (Å²) in [5.74, 6) is 0.137. The van der Waals surface area contributed by atoms with Crippen LogP contribution in [-0.2, 0) is 10.5 Å². The molecule has 0 bridgehead atoms. The molecule has 0 radical (unpaired) electrons. The number of methoxy groups -OCH3 is 1. The van der Waals surface area contributed by atoms with Gasteiger partial charge in [0.2, 0.25) is 0 Å². The van der Waals surface area contributed by atoms with E-state index < -0.39 is 11.7 Å². The minimum Gasteiger partial charge on any atom is -0.465 e. The van der Waals surface area contributed by atoms with E-state index in [1.165, 1.54) is 30.0 Å². The van der Waals surface area contributed by atoms with E-state index in [4.69, 9.17) is 4.74 Å². The number of H-pyrrole nitrogens is 1. The van der Waals surface area contributed by atoms with Crippen LogP contribution in [0.1, 0.15) is 32.7 Å². The minimum atomic E-state index is -0.496. The molecule has 6 heteroatoms. The van der Waals surface area contributed by atoms with E-state index in [0.29, 0.717) is 22.0 Å². The molecule has 0 spiro atoms. The molecule has 0 aliphatic rings. The van der Waals surface area contributed by atoms with Crippen LogP contribution in [0, 0.1) is 20.8 Å². The van der Waals surface area contributed by atoms with Crippen LogP contribution in [-0.4, -0.2) is 23.0 Å². The molecule has 0 saturated carbocycles. The third kappa shape index (κ3) is 3.57. The second-order valence-electron chi connectivity index (χ2n) is 5.06. The minimum absolute atomic E-state index is 0.317. The van der Waals surface area contributed by atoms with E-state index in [9.17, 15) is 9.59 Å². The highest BCUT2D eigenvalue weighted by atomic mass is 32.2. The Morgan fingerprint density at radius 3 is 2.73 bits per heavy atom. The lowest BCUT2D eigenvalue weighted by molar-refractivity contribution is 0.0594. The number of rotatable bonds is 4. The highest BCUT2D eigenvalue weighted by molar-refractivity contribution is 7.98. The number of hydrogen-bond donors (Lipinski definition) is 1. The molecule has 0 atom stereocenters. The summed E-state index contributed by atoms with van der Waals surface area (Å²) >= 11 is 1.36. The molecule has 1 heterocycles. The number of aromatic amines is 1. The highest BCUT2D eigenvalue weighted by Gasteiger charge is 2.18. The topological polar surface area (TPSA) is 72.0 Å². The molecule has 116 valence electrons. The zero-order chi connectivity index (χ0) is 16.3. The lowest BCUT2D eigenvalue weighted by atomic mass is 10.1. The molecule has 5 nitrogen and oxygen atoms in total. The Hall–Kier alpha value is -2.08. The number of benzene rings is 1. The molecule has 1 aromatic carbocycles. The van der Waals surface area contributed by atoms with Crippen molar-refractivity contribution in [2.75, 3.05) is 7.11 Å². The summed E-state index contributed by atoms with van der Waals surface area (Å²) < 4.78 is 4.78. The SMILES string of the molecule is COC(=O)c1c(SCc2cc(C)ccc2C)nc(=O)[nH]c1C. The van der Waals surface area contributed by atoms with Gasteiger partial charge in [-0.2, -0.15) is 4.98 Å². The Bertz CT molecular complexity index is 768. The summed E-state index contributed by atoms with van der Waals surface area (Å²) in [4.78, 5) is 29.9. The number of nitrogens with one attached hydrogen (secondary N) is 1. The number of aryl methyl sites for hydroxylation is 3. The molecule has 0 aliphatic heterocycles. The second kappa shape index (κ2) is 6.79. The average Bonchev–Trinajstić information content (AvgIpc) is 2.47. The van der Waals surface area contributed by atoms with Crippen LogP contribution >= 0.6 is 11.8 Å². The molecule has 0 amide bonds. The van der Waals surface area contributed by atoms with E-state index in [-0.39, 0.29) is 0 Å². The molecule has 22 heavy (non-hydrogen) atoms. The van der Waals surface area contributed by atoms with Gasteiger partial charge in [-0.05, 0) is 31.9 Å². The zero-order valence-electron chi connectivity index (χ0n) is 13.0. The van der Waals surface area contributed by atoms with Gasteiger partial charge in [0.25, 0.3) is 0 Å². The van der Waals surface area contributed by atoms with Gasteiger partial charge in [0.05, 0.1) is 7.11 Å². The summed E-state index contributed by atoms with van der Waals surface area (Å²) in [6.45, 7) is 5.73. The molecule has 2 aromatic rings. The van der Waals surface area contributed by atoms with E-state index in [0.717, 1.165) is 5.56 Å². The van der Waals surface area contributed by atoms with E-state index in [2.05, 4.69) is 28.2 Å². The Kier molecular flexibility index (Phi) is 5.03. The number of aromatic nitrogens is 2. The van der Waals surface area contributed by atoms with Gasteiger partial charge < -0.3 is 9.72 Å². The first-order valence-electron chi connectivity index (χ1n) is 6.80. The first-order chi connectivity index (χ1) is 10.4. The second-order valence-corrected chi connectivity index (χ2v) is 6.02. The standard InChI is InChI=1S/C16H18N2O3S/c1-9-5-6-10(2)12(7-9)8-22-14-13(15(19)21-4)11(3)17-16(20)18-14/h5-7H,8H2,1-4H3,(H,17,18,20). The van der Waals surface area contributed by atoms with E-state index in [1.807, 2.05) is 13.8 Å². The van der Waals surface area contributed by atoms with Crippen molar-refractivity contribution in [2.24, 2.45) is 0 Å². The number of nitrogens with zero attached hydrogens (tertiary/aromatic N) is 1. The van der Waals surface area contributed by atoms with Gasteiger partial charge >= 0.3 is 11.7 Å². The Labute approximate surface area is 133 Å². The number of carbonyl (C=O) groups excluding carboxylic acids is 1. The predicted octanol–water partition coefficient (Wildman–Crippen LogP) is 2.77. The summed E-state index contributed by atoms with van der Waals surface area (Å²) in [6, 6.07) is 6.21. The first kappa shape index (κ1) is 16.3. The summed E-state index contributed by atoms with van der Waals surface area (Å²) in [7, 11) is 1.31. The molecule has 0 unspecified atom stereocenters. The van der Waals surface area contributed by atoms with Crippen molar-refractivity contribution < 1.29 is 9.53 Å². The normalized spacial score (nSPS) is 10.5. The Balaban J connectivity index is 2.35. The number of carbonyl (C=O) groups is 1. The number of thioether (sulfide) groups is 1. The van der Waals surface area contributed by atoms with Gasteiger partial charge in [0, 0.05) is 11.4 Å². The Morgan fingerprint density at radius 1 is 1.32 bits per heavy atom. The van der Waals surface area contributed by atoms with Crippen molar-refractivity contribution >= 4 is 17.7 Å². The molecule has 2 rings (SSSR count). The van der Waals surface area contributed by atoms with Crippen molar-refractivity contribution in [2.45, 2.75) is 31.6 Å². The lowest BCUT2D eigenvalue weighted by Crippen LogP contribution is -2.19. The van der Waals surface area contributed by atoms with E-state index in [1.54, 1.807) is 6.92 Å². The summed E-state index contributed by atoms with van der Waals surface area (Å²) in [5.41, 5.74) is 3.81. The third-order valence-corrected chi connectivity index (χ3v) is 4.37. The van der Waals surface area contributed by atoms with Crippen LogP contribution in [0.3, 0.4) is 0 Å². The van der Waals surface area contributed by atoms with Crippen LogP contribution in [0.25, 0.3) is 0 Å². The fourth-order valence-corrected chi connectivity index (χ4v) is 3.24. The summed E-state index contributed by atoms with van der Waals surface area (Å²) in [6.07, 6.45) is 0. The maximum Gasteiger partial charge on any atom is 0.346 e. The monoisotopic (exact) mass is 318 g/mol. The van der Waals surface area contributed by atoms with Crippen LogP contribution in [0.4, 0.5) is 0 Å². The van der Waals surface area contributed by atoms with Crippen molar-refractivity contribution in [1.29, 1.82) is 0 Å². The smallest absolute Gasteiger partial charge is 0.346 e. The molecular weight excluding hydrogens is 300 g/mol. The first-order valence-corrected chi connectivity index (χ1v) is 7.79. The molecule has 0 aliphatic carbocycles. The van der Waals surface area contributed by atoms with Crippen LogP contribution in [0.15, 0.2) is 28.0 Å². The quantitative estimate of drug-likeness (QED) is 0.533. The number of esters is 1. The van der Waals surface area contributed by atoms with Gasteiger partial charge in [-0.25, -0.2) is 9.59 Å². The highest BCUT2D eigenvalue weighted by Crippen LogP contribution is 2.26. The number of ether oxygens (including phenoxy) is 1. The van der Waals surface area contributed by atoms with Crippen molar-refractivity contribution in [3.63, 3.8) is 0 Å². The van der Waals surface area contributed by atoms with Crippen molar-refractivity contribution in [3.8, 4) is 0 Å². The Morgan fingerprint density at radius 2 is 2.05 bits per heavy atom. The molecule has 0 fully saturated rings. The van der Waals surface area contributed by atoms with Crippen molar-refractivity contribution in [1.82, 2.24) is 9.97 Å². The number of hydrogen-bond acceptors (Lipinski definition) is 5. The van der Waals surface area contributed by atoms with E-state index >= 15 is 0 Å². The van der Waals surface area contributed by atoms with Gasteiger partial charge in [-0.15, -0.1) is 11.8 Å². The fraction of sp³-hybridized carbons (Fsp3) is 0.312. The van der Waals surface area contributed by atoms with Crippen LogP contribution < -0.4 is 5.69 Å².